The molecule has 21 heavy (non-hydrogen) atoms. The minimum Gasteiger partial charge on any atom is -0.478 e. The second-order valence-corrected chi connectivity index (χ2v) is 6.76. The fraction of sp³-hybridized carbons (Fsp3) is 0.882. The summed E-state index contributed by atoms with van der Waals surface area (Å²) in [6.45, 7) is 1.90. The summed E-state index contributed by atoms with van der Waals surface area (Å²) in [5, 5.41) is 9.53. The van der Waals surface area contributed by atoms with Crippen LogP contribution >= 0.6 is 0 Å². The highest BCUT2D eigenvalue weighted by Crippen LogP contribution is 2.42. The molecule has 0 unspecified atom stereocenters. The molecule has 2 aliphatic rings. The quantitative estimate of drug-likeness (QED) is 0.781. The van der Waals surface area contributed by atoms with E-state index in [9.17, 15) is 14.7 Å². The standard InChI is InChI=1S/C17H28O4/c1-2-6-15(18)21-17(16(19)20)11-9-14(10-12-17)13-7-4-3-5-8-13/h13-14H,2-12H2,1H3,(H,19,20)/t14-,17-. The van der Waals surface area contributed by atoms with Gasteiger partial charge in [-0.15, -0.1) is 0 Å². The molecular formula is C17H28O4. The first kappa shape index (κ1) is 16.3. The second-order valence-electron chi connectivity index (χ2n) is 6.76. The maximum absolute atomic E-state index is 11.7. The minimum absolute atomic E-state index is 0.307. The third kappa shape index (κ3) is 3.98. The van der Waals surface area contributed by atoms with Gasteiger partial charge < -0.3 is 9.84 Å². The smallest absolute Gasteiger partial charge is 0.348 e. The number of hydrogen-bond donors (Lipinski definition) is 1. The van der Waals surface area contributed by atoms with E-state index in [1.165, 1.54) is 32.1 Å². The molecule has 0 aromatic rings. The molecule has 0 aromatic carbocycles. The van der Waals surface area contributed by atoms with Crippen molar-refractivity contribution in [3.05, 3.63) is 0 Å². The lowest BCUT2D eigenvalue weighted by Gasteiger charge is -2.40. The first-order valence-electron chi connectivity index (χ1n) is 8.52. The van der Waals surface area contributed by atoms with Crippen LogP contribution in [0.1, 0.15) is 77.6 Å². The van der Waals surface area contributed by atoms with Gasteiger partial charge in [-0.2, -0.15) is 0 Å². The van der Waals surface area contributed by atoms with Crippen molar-refractivity contribution in [2.45, 2.75) is 83.2 Å². The molecule has 0 atom stereocenters. The number of carboxylic acid groups (broad SMARTS) is 1. The average molecular weight is 296 g/mol. The Bertz CT molecular complexity index is 363. The summed E-state index contributed by atoms with van der Waals surface area (Å²) in [6, 6.07) is 0. The number of carboxylic acids is 1. The van der Waals surface area contributed by atoms with E-state index in [0.29, 0.717) is 31.6 Å². The van der Waals surface area contributed by atoms with E-state index in [1.807, 2.05) is 6.92 Å². The van der Waals surface area contributed by atoms with Crippen LogP contribution in [0.15, 0.2) is 0 Å². The third-order valence-electron chi connectivity index (χ3n) is 5.31. The molecule has 4 heteroatoms. The molecule has 4 nitrogen and oxygen atoms in total. The van der Waals surface area contributed by atoms with Gasteiger partial charge in [0.2, 0.25) is 5.60 Å². The van der Waals surface area contributed by atoms with Crippen molar-refractivity contribution in [2.75, 3.05) is 0 Å². The molecule has 0 heterocycles. The maximum Gasteiger partial charge on any atom is 0.348 e. The summed E-state index contributed by atoms with van der Waals surface area (Å²) in [7, 11) is 0. The number of aliphatic carboxylic acids is 1. The van der Waals surface area contributed by atoms with Gasteiger partial charge in [0.25, 0.3) is 0 Å². The van der Waals surface area contributed by atoms with E-state index in [4.69, 9.17) is 4.74 Å². The lowest BCUT2D eigenvalue weighted by molar-refractivity contribution is -0.184. The molecule has 0 aromatic heterocycles. The lowest BCUT2D eigenvalue weighted by Crippen LogP contribution is -2.47. The fourth-order valence-electron chi connectivity index (χ4n) is 4.02. The molecule has 2 rings (SSSR count). The van der Waals surface area contributed by atoms with E-state index in [-0.39, 0.29) is 5.97 Å². The number of carbonyl (C=O) groups excluding carboxylic acids is 1. The van der Waals surface area contributed by atoms with Crippen molar-refractivity contribution in [1.82, 2.24) is 0 Å². The van der Waals surface area contributed by atoms with E-state index >= 15 is 0 Å². The topological polar surface area (TPSA) is 63.6 Å². The zero-order chi connectivity index (χ0) is 15.3. The van der Waals surface area contributed by atoms with Gasteiger partial charge in [0.15, 0.2) is 0 Å². The van der Waals surface area contributed by atoms with Crippen LogP contribution in [0.5, 0.6) is 0 Å². The molecule has 1 N–H and O–H groups in total. The van der Waals surface area contributed by atoms with Crippen molar-refractivity contribution >= 4 is 11.9 Å². The van der Waals surface area contributed by atoms with Crippen LogP contribution < -0.4 is 0 Å². The van der Waals surface area contributed by atoms with E-state index in [0.717, 1.165) is 18.8 Å². The van der Waals surface area contributed by atoms with Crippen molar-refractivity contribution in [1.29, 1.82) is 0 Å². The van der Waals surface area contributed by atoms with Crippen LogP contribution in [0.2, 0.25) is 0 Å². The largest absolute Gasteiger partial charge is 0.478 e. The molecule has 0 radical (unpaired) electrons. The highest BCUT2D eigenvalue weighted by Gasteiger charge is 2.46. The molecule has 2 saturated carbocycles. The summed E-state index contributed by atoms with van der Waals surface area (Å²) in [6.07, 6.45) is 10.3. The summed E-state index contributed by atoms with van der Waals surface area (Å²) in [4.78, 5) is 23.3. The van der Waals surface area contributed by atoms with Crippen LogP contribution in [0.25, 0.3) is 0 Å². The Labute approximate surface area is 127 Å². The van der Waals surface area contributed by atoms with Gasteiger partial charge in [-0.25, -0.2) is 4.79 Å². The van der Waals surface area contributed by atoms with E-state index in [2.05, 4.69) is 0 Å². The van der Waals surface area contributed by atoms with Crippen molar-refractivity contribution in [3.63, 3.8) is 0 Å². The van der Waals surface area contributed by atoms with Crippen LogP contribution in [0, 0.1) is 11.8 Å². The predicted octanol–water partition coefficient (Wildman–Crippen LogP) is 3.92. The normalized spacial score (nSPS) is 30.8. The second kappa shape index (κ2) is 7.28. The maximum atomic E-state index is 11.7. The molecular weight excluding hydrogens is 268 g/mol. The van der Waals surface area contributed by atoms with Gasteiger partial charge in [-0.05, 0) is 43.9 Å². The minimum atomic E-state index is -1.25. The Balaban J connectivity index is 1.93. The zero-order valence-corrected chi connectivity index (χ0v) is 13.1. The van der Waals surface area contributed by atoms with Gasteiger partial charge >= 0.3 is 11.9 Å². The Kier molecular flexibility index (Phi) is 5.65. The number of esters is 1. The van der Waals surface area contributed by atoms with E-state index in [1.54, 1.807) is 0 Å². The van der Waals surface area contributed by atoms with Gasteiger partial charge in [0, 0.05) is 6.42 Å². The summed E-state index contributed by atoms with van der Waals surface area (Å²) >= 11 is 0. The Morgan fingerprint density at radius 3 is 2.14 bits per heavy atom. The molecule has 0 spiro atoms. The van der Waals surface area contributed by atoms with Crippen molar-refractivity contribution in [3.8, 4) is 0 Å². The van der Waals surface area contributed by atoms with Crippen LogP contribution in [0.4, 0.5) is 0 Å². The average Bonchev–Trinajstić information content (AvgIpc) is 2.49. The highest BCUT2D eigenvalue weighted by molar-refractivity contribution is 5.82. The van der Waals surface area contributed by atoms with Gasteiger partial charge in [-0.3, -0.25) is 4.79 Å². The van der Waals surface area contributed by atoms with Crippen LogP contribution in [0.3, 0.4) is 0 Å². The molecule has 0 saturated heterocycles. The monoisotopic (exact) mass is 296 g/mol. The molecule has 0 bridgehead atoms. The summed E-state index contributed by atoms with van der Waals surface area (Å²) < 4.78 is 5.38. The predicted molar refractivity (Wildman–Crippen MR) is 79.9 cm³/mol. The highest BCUT2D eigenvalue weighted by atomic mass is 16.6. The fourth-order valence-corrected chi connectivity index (χ4v) is 4.02. The molecule has 0 amide bonds. The number of carbonyl (C=O) groups is 2. The molecule has 120 valence electrons. The summed E-state index contributed by atoms with van der Waals surface area (Å²) in [5.74, 6) is 0.0598. The van der Waals surface area contributed by atoms with Gasteiger partial charge in [0.05, 0.1) is 0 Å². The first-order valence-corrected chi connectivity index (χ1v) is 8.52. The zero-order valence-electron chi connectivity index (χ0n) is 13.1. The SMILES string of the molecule is CCCC(=O)O[C@]1(C(=O)O)CC[C@@H](C2CCCCC2)CC1. The Morgan fingerprint density at radius 2 is 1.62 bits per heavy atom. The molecule has 0 aliphatic heterocycles. The van der Waals surface area contributed by atoms with Crippen LogP contribution in [-0.2, 0) is 14.3 Å². The van der Waals surface area contributed by atoms with Crippen molar-refractivity contribution < 1.29 is 19.4 Å². The van der Waals surface area contributed by atoms with Crippen LogP contribution in [-0.4, -0.2) is 22.6 Å². The van der Waals surface area contributed by atoms with Gasteiger partial charge in [-0.1, -0.05) is 39.0 Å². The molecule has 2 fully saturated rings. The number of hydrogen-bond acceptors (Lipinski definition) is 3. The molecule has 2 aliphatic carbocycles. The first-order chi connectivity index (χ1) is 10.1. The van der Waals surface area contributed by atoms with Gasteiger partial charge in [0.1, 0.15) is 0 Å². The van der Waals surface area contributed by atoms with Crippen molar-refractivity contribution in [2.24, 2.45) is 11.8 Å². The number of rotatable bonds is 5. The Hall–Kier alpha value is -1.06. The number of ether oxygens (including phenoxy) is 1. The third-order valence-corrected chi connectivity index (χ3v) is 5.31. The van der Waals surface area contributed by atoms with E-state index < -0.39 is 11.6 Å². The summed E-state index contributed by atoms with van der Waals surface area (Å²) in [5.41, 5.74) is -1.25. The Morgan fingerprint density at radius 1 is 1.05 bits per heavy atom. The lowest BCUT2D eigenvalue weighted by atomic mass is 9.69.